The molecule has 0 saturated heterocycles. The summed E-state index contributed by atoms with van der Waals surface area (Å²) < 4.78 is 0. The third kappa shape index (κ3) is 4.10. The number of hydrogen-bond acceptors (Lipinski definition) is 5. The molecule has 100 valence electrons. The summed E-state index contributed by atoms with van der Waals surface area (Å²) in [5.41, 5.74) is 0.567. The molecule has 0 spiro atoms. The van der Waals surface area contributed by atoms with Crippen LogP contribution in [0.4, 0.5) is 5.13 Å². The van der Waals surface area contributed by atoms with Gasteiger partial charge in [-0.05, 0) is 18.6 Å². The Morgan fingerprint density at radius 1 is 1.26 bits per heavy atom. The van der Waals surface area contributed by atoms with Gasteiger partial charge in [-0.1, -0.05) is 31.1 Å². The van der Waals surface area contributed by atoms with Crippen molar-refractivity contribution in [1.29, 1.82) is 0 Å². The van der Waals surface area contributed by atoms with Crippen molar-refractivity contribution in [3.05, 3.63) is 35.1 Å². The molecule has 0 aliphatic rings. The van der Waals surface area contributed by atoms with Crippen LogP contribution in [0.15, 0.2) is 24.5 Å². The molecule has 0 atom stereocenters. The maximum atomic E-state index is 11.9. The van der Waals surface area contributed by atoms with E-state index in [1.54, 1.807) is 24.5 Å². The SMILES string of the molecule is CCCCCc1nnc(NC(=O)c2ccncc2)s1. The number of aromatic nitrogens is 3. The maximum absolute atomic E-state index is 11.9. The van der Waals surface area contributed by atoms with Crippen LogP contribution in [-0.4, -0.2) is 21.1 Å². The summed E-state index contributed by atoms with van der Waals surface area (Å²) in [6, 6.07) is 3.33. The van der Waals surface area contributed by atoms with Crippen LogP contribution in [0, 0.1) is 0 Å². The number of unbranched alkanes of at least 4 members (excludes halogenated alkanes) is 2. The van der Waals surface area contributed by atoms with Crippen LogP contribution in [0.5, 0.6) is 0 Å². The van der Waals surface area contributed by atoms with Crippen LogP contribution in [0.3, 0.4) is 0 Å². The van der Waals surface area contributed by atoms with E-state index in [1.165, 1.54) is 24.2 Å². The minimum absolute atomic E-state index is 0.182. The fourth-order valence-corrected chi connectivity index (χ4v) is 2.38. The van der Waals surface area contributed by atoms with Crippen LogP contribution >= 0.6 is 11.3 Å². The lowest BCUT2D eigenvalue weighted by Gasteiger charge is -1.99. The molecule has 6 heteroatoms. The van der Waals surface area contributed by atoms with E-state index in [0.717, 1.165) is 17.8 Å². The van der Waals surface area contributed by atoms with Crippen molar-refractivity contribution < 1.29 is 4.79 Å². The molecular weight excluding hydrogens is 260 g/mol. The Balaban J connectivity index is 1.91. The molecule has 19 heavy (non-hydrogen) atoms. The van der Waals surface area contributed by atoms with Crippen LogP contribution in [0.25, 0.3) is 0 Å². The monoisotopic (exact) mass is 276 g/mol. The van der Waals surface area contributed by atoms with Gasteiger partial charge in [0.1, 0.15) is 5.01 Å². The third-order valence-electron chi connectivity index (χ3n) is 2.62. The van der Waals surface area contributed by atoms with E-state index in [1.807, 2.05) is 0 Å². The molecule has 2 aromatic heterocycles. The molecule has 2 aromatic rings. The van der Waals surface area contributed by atoms with E-state index < -0.39 is 0 Å². The predicted molar refractivity (Wildman–Crippen MR) is 75.3 cm³/mol. The summed E-state index contributed by atoms with van der Waals surface area (Å²) in [6.07, 6.45) is 7.60. The highest BCUT2D eigenvalue weighted by molar-refractivity contribution is 7.15. The summed E-state index contributed by atoms with van der Waals surface area (Å²) in [6.45, 7) is 2.17. The normalized spacial score (nSPS) is 10.4. The summed E-state index contributed by atoms with van der Waals surface area (Å²) >= 11 is 1.44. The summed E-state index contributed by atoms with van der Waals surface area (Å²) in [5, 5.41) is 12.3. The first-order valence-corrected chi connectivity index (χ1v) is 7.15. The number of amides is 1. The average Bonchev–Trinajstić information content (AvgIpc) is 2.88. The number of nitrogens with one attached hydrogen (secondary N) is 1. The van der Waals surface area contributed by atoms with E-state index in [-0.39, 0.29) is 5.91 Å². The first kappa shape index (κ1) is 13.6. The molecule has 1 N–H and O–H groups in total. The van der Waals surface area contributed by atoms with Crippen molar-refractivity contribution in [3.63, 3.8) is 0 Å². The highest BCUT2D eigenvalue weighted by atomic mass is 32.1. The zero-order chi connectivity index (χ0) is 13.5. The predicted octanol–water partition coefficient (Wildman–Crippen LogP) is 2.92. The molecule has 0 aromatic carbocycles. The molecule has 0 saturated carbocycles. The number of carbonyl (C=O) groups is 1. The van der Waals surface area contributed by atoms with Crippen LogP contribution in [0.2, 0.25) is 0 Å². The van der Waals surface area contributed by atoms with Gasteiger partial charge < -0.3 is 0 Å². The topological polar surface area (TPSA) is 67.8 Å². The largest absolute Gasteiger partial charge is 0.296 e. The summed E-state index contributed by atoms with van der Waals surface area (Å²) in [5.74, 6) is -0.182. The number of anilines is 1. The van der Waals surface area contributed by atoms with E-state index in [9.17, 15) is 4.79 Å². The fourth-order valence-electron chi connectivity index (χ4n) is 1.60. The van der Waals surface area contributed by atoms with Crippen molar-refractivity contribution in [2.45, 2.75) is 32.6 Å². The lowest BCUT2D eigenvalue weighted by Crippen LogP contribution is -2.11. The van der Waals surface area contributed by atoms with E-state index in [2.05, 4.69) is 27.4 Å². The van der Waals surface area contributed by atoms with Gasteiger partial charge in [0.2, 0.25) is 5.13 Å². The number of rotatable bonds is 6. The van der Waals surface area contributed by atoms with Gasteiger partial charge in [-0.3, -0.25) is 15.1 Å². The Bertz CT molecular complexity index is 526. The van der Waals surface area contributed by atoms with Gasteiger partial charge in [-0.15, -0.1) is 10.2 Å². The molecule has 0 aliphatic heterocycles. The van der Waals surface area contributed by atoms with Crippen LogP contribution < -0.4 is 5.32 Å². The molecule has 0 fully saturated rings. The smallest absolute Gasteiger partial charge is 0.257 e. The number of aryl methyl sites for hydroxylation is 1. The molecule has 5 nitrogen and oxygen atoms in total. The van der Waals surface area contributed by atoms with Crippen molar-refractivity contribution in [1.82, 2.24) is 15.2 Å². The molecule has 0 unspecified atom stereocenters. The highest BCUT2D eigenvalue weighted by Crippen LogP contribution is 2.18. The van der Waals surface area contributed by atoms with Gasteiger partial charge >= 0.3 is 0 Å². The Morgan fingerprint density at radius 2 is 2.05 bits per heavy atom. The van der Waals surface area contributed by atoms with Crippen molar-refractivity contribution in [2.24, 2.45) is 0 Å². The van der Waals surface area contributed by atoms with E-state index in [4.69, 9.17) is 0 Å². The fraction of sp³-hybridized carbons (Fsp3) is 0.385. The molecule has 2 rings (SSSR count). The maximum Gasteiger partial charge on any atom is 0.257 e. The quantitative estimate of drug-likeness (QED) is 0.824. The van der Waals surface area contributed by atoms with E-state index >= 15 is 0 Å². The number of pyridine rings is 1. The molecule has 1 amide bonds. The van der Waals surface area contributed by atoms with Gasteiger partial charge in [0.05, 0.1) is 0 Å². The zero-order valence-corrected chi connectivity index (χ0v) is 11.6. The Labute approximate surface area is 116 Å². The highest BCUT2D eigenvalue weighted by Gasteiger charge is 2.09. The third-order valence-corrected chi connectivity index (χ3v) is 3.52. The zero-order valence-electron chi connectivity index (χ0n) is 10.8. The second-order valence-corrected chi connectivity index (χ2v) is 5.21. The van der Waals surface area contributed by atoms with Gasteiger partial charge in [-0.25, -0.2) is 0 Å². The van der Waals surface area contributed by atoms with Gasteiger partial charge in [0, 0.05) is 24.4 Å². The lowest BCUT2D eigenvalue weighted by molar-refractivity contribution is 0.102. The standard InChI is InChI=1S/C13H16N4OS/c1-2-3-4-5-11-16-17-13(19-11)15-12(18)10-6-8-14-9-7-10/h6-9H,2-5H2,1H3,(H,15,17,18). The van der Waals surface area contributed by atoms with Crippen molar-refractivity contribution >= 4 is 22.4 Å². The Morgan fingerprint density at radius 3 is 2.79 bits per heavy atom. The summed E-state index contributed by atoms with van der Waals surface area (Å²) in [4.78, 5) is 15.8. The second-order valence-electron chi connectivity index (χ2n) is 4.15. The van der Waals surface area contributed by atoms with Gasteiger partial charge in [0.15, 0.2) is 0 Å². The average molecular weight is 276 g/mol. The molecule has 0 radical (unpaired) electrons. The van der Waals surface area contributed by atoms with Crippen LogP contribution in [0.1, 0.15) is 41.6 Å². The number of carbonyl (C=O) groups excluding carboxylic acids is 1. The lowest BCUT2D eigenvalue weighted by atomic mass is 10.2. The first-order chi connectivity index (χ1) is 9.29. The first-order valence-electron chi connectivity index (χ1n) is 6.33. The van der Waals surface area contributed by atoms with E-state index in [0.29, 0.717) is 10.7 Å². The molecule has 0 bridgehead atoms. The number of nitrogens with zero attached hydrogens (tertiary/aromatic N) is 3. The van der Waals surface area contributed by atoms with Gasteiger partial charge in [-0.2, -0.15) is 0 Å². The van der Waals surface area contributed by atoms with Crippen LogP contribution in [-0.2, 0) is 6.42 Å². The second kappa shape index (κ2) is 6.94. The minimum atomic E-state index is -0.182. The minimum Gasteiger partial charge on any atom is -0.296 e. The molecular formula is C13H16N4OS. The molecule has 0 aliphatic carbocycles. The molecule has 2 heterocycles. The Kier molecular flexibility index (Phi) is 4.97. The Hall–Kier alpha value is -1.82. The van der Waals surface area contributed by atoms with Gasteiger partial charge in [0.25, 0.3) is 5.91 Å². The van der Waals surface area contributed by atoms with Crippen molar-refractivity contribution in [3.8, 4) is 0 Å². The number of hydrogen-bond donors (Lipinski definition) is 1. The van der Waals surface area contributed by atoms with Crippen molar-refractivity contribution in [2.75, 3.05) is 5.32 Å². The summed E-state index contributed by atoms with van der Waals surface area (Å²) in [7, 11) is 0.